The highest BCUT2D eigenvalue weighted by atomic mass is 19.4. The van der Waals surface area contributed by atoms with Crippen LogP contribution in [0.4, 0.5) is 29.3 Å². The van der Waals surface area contributed by atoms with E-state index in [0.29, 0.717) is 11.3 Å². The highest BCUT2D eigenvalue weighted by Crippen LogP contribution is 2.35. The number of nitrogens with zero attached hydrogens (tertiary/aromatic N) is 1. The first-order chi connectivity index (χ1) is 18.4. The van der Waals surface area contributed by atoms with Gasteiger partial charge >= 0.3 is 12.3 Å². The van der Waals surface area contributed by atoms with E-state index in [4.69, 9.17) is 9.15 Å². The van der Waals surface area contributed by atoms with Crippen LogP contribution in [0, 0.1) is 0 Å². The van der Waals surface area contributed by atoms with Crippen molar-refractivity contribution < 1.29 is 31.9 Å². The summed E-state index contributed by atoms with van der Waals surface area (Å²) in [6.07, 6.45) is -2.02. The van der Waals surface area contributed by atoms with E-state index < -0.39 is 35.2 Å². The summed E-state index contributed by atoms with van der Waals surface area (Å²) in [4.78, 5) is 28.5. The average molecular weight is 545 g/mol. The van der Waals surface area contributed by atoms with Gasteiger partial charge in [-0.2, -0.15) is 13.2 Å². The van der Waals surface area contributed by atoms with E-state index in [-0.39, 0.29) is 18.0 Å². The summed E-state index contributed by atoms with van der Waals surface area (Å²) in [5.74, 6) is -2.76. The number of aromatic nitrogens is 1. The molecule has 2 amide bonds. The molecule has 1 aliphatic rings. The lowest BCUT2D eigenvalue weighted by Gasteiger charge is -2.31. The molecule has 1 fully saturated rings. The van der Waals surface area contributed by atoms with Gasteiger partial charge in [0.1, 0.15) is 5.60 Å². The Labute approximate surface area is 224 Å². The van der Waals surface area contributed by atoms with E-state index >= 15 is 0 Å². The molecule has 1 saturated carbocycles. The maximum absolute atomic E-state index is 13.6. The molecule has 8 nitrogen and oxygen atoms in total. The monoisotopic (exact) mass is 544 g/mol. The fourth-order valence-electron chi connectivity index (χ4n) is 4.30. The highest BCUT2D eigenvalue weighted by molar-refractivity contribution is 6.04. The number of alkyl halides is 3. The van der Waals surface area contributed by atoms with E-state index in [1.165, 1.54) is 0 Å². The summed E-state index contributed by atoms with van der Waals surface area (Å²) < 4.78 is 50.9. The van der Waals surface area contributed by atoms with Crippen molar-refractivity contribution >= 4 is 23.4 Å². The number of carbonyl (C=O) groups is 2. The van der Waals surface area contributed by atoms with Gasteiger partial charge in [0.05, 0.1) is 0 Å². The molecule has 1 aromatic heterocycles. The maximum atomic E-state index is 13.6. The normalized spacial score (nSPS) is 17.8. The molecule has 208 valence electrons. The van der Waals surface area contributed by atoms with Gasteiger partial charge in [-0.15, -0.1) is 0 Å². The predicted molar refractivity (Wildman–Crippen MR) is 140 cm³/mol. The van der Waals surface area contributed by atoms with Crippen molar-refractivity contribution in [2.45, 2.75) is 70.3 Å². The summed E-state index contributed by atoms with van der Waals surface area (Å²) >= 11 is 0. The Hall–Kier alpha value is -4.02. The van der Waals surface area contributed by atoms with Gasteiger partial charge in [0.25, 0.3) is 5.91 Å². The van der Waals surface area contributed by atoms with E-state index in [9.17, 15) is 22.8 Å². The lowest BCUT2D eigenvalue weighted by atomic mass is 9.91. The first kappa shape index (κ1) is 28.0. The molecule has 0 aliphatic heterocycles. The topological polar surface area (TPSA) is 105 Å². The minimum absolute atomic E-state index is 0.0519. The molecule has 39 heavy (non-hydrogen) atoms. The van der Waals surface area contributed by atoms with Crippen molar-refractivity contribution in [3.63, 3.8) is 0 Å². The number of hydrogen-bond acceptors (Lipinski definition) is 6. The van der Waals surface area contributed by atoms with Crippen molar-refractivity contribution in [2.75, 3.05) is 10.6 Å². The van der Waals surface area contributed by atoms with Gasteiger partial charge in [0.15, 0.2) is 5.69 Å². The second-order valence-electron chi connectivity index (χ2n) is 10.4. The zero-order valence-corrected chi connectivity index (χ0v) is 21.9. The zero-order valence-electron chi connectivity index (χ0n) is 21.9. The molecular weight excluding hydrogens is 513 g/mol. The molecule has 4 rings (SSSR count). The minimum Gasteiger partial charge on any atom is -0.444 e. The molecule has 0 saturated heterocycles. The number of hydrogen-bond donors (Lipinski definition) is 3. The fraction of sp³-hybridized carbons (Fsp3) is 0.393. The SMILES string of the molecule is CC(C)(C)OC(=O)NC1CCC(Nc2ccc(NC(=O)c3nc(-c4ccccc4)oc3C(F)(F)F)cc2)CC1. The van der Waals surface area contributed by atoms with Crippen LogP contribution in [-0.2, 0) is 10.9 Å². The minimum atomic E-state index is -4.89. The lowest BCUT2D eigenvalue weighted by molar-refractivity contribution is -0.153. The molecule has 2 aromatic carbocycles. The van der Waals surface area contributed by atoms with Crippen LogP contribution >= 0.6 is 0 Å². The van der Waals surface area contributed by atoms with Crippen LogP contribution < -0.4 is 16.0 Å². The summed E-state index contributed by atoms with van der Waals surface area (Å²) in [5.41, 5.74) is 0.0656. The zero-order chi connectivity index (χ0) is 28.2. The predicted octanol–water partition coefficient (Wildman–Crippen LogP) is 6.86. The number of nitrogens with one attached hydrogen (secondary N) is 3. The number of benzene rings is 2. The van der Waals surface area contributed by atoms with Gasteiger partial charge in [-0.3, -0.25) is 4.79 Å². The second kappa shape index (κ2) is 11.4. The number of rotatable bonds is 6. The highest BCUT2D eigenvalue weighted by Gasteiger charge is 2.42. The molecule has 0 spiro atoms. The lowest BCUT2D eigenvalue weighted by Crippen LogP contribution is -2.42. The summed E-state index contributed by atoms with van der Waals surface area (Å²) in [7, 11) is 0. The van der Waals surface area contributed by atoms with Crippen LogP contribution in [0.5, 0.6) is 0 Å². The van der Waals surface area contributed by atoms with E-state index in [2.05, 4.69) is 20.9 Å². The van der Waals surface area contributed by atoms with E-state index in [0.717, 1.165) is 31.4 Å². The Balaban J connectivity index is 1.33. The molecule has 0 radical (unpaired) electrons. The molecule has 0 unspecified atom stereocenters. The van der Waals surface area contributed by atoms with Crippen LogP contribution in [0.2, 0.25) is 0 Å². The van der Waals surface area contributed by atoms with Crippen molar-refractivity contribution in [1.29, 1.82) is 0 Å². The average Bonchev–Trinajstić information content (AvgIpc) is 3.33. The standard InChI is InChI=1S/C28H31F3N4O4/c1-27(2,3)39-26(37)34-21-15-11-19(12-16-21)32-18-9-13-20(14-10-18)33-24(36)22-23(28(29,30)31)38-25(35-22)17-7-5-4-6-8-17/h4-10,13-14,19,21,32H,11-12,15-16H2,1-3H3,(H,33,36)(H,34,37). The summed E-state index contributed by atoms with van der Waals surface area (Å²) in [6, 6.07) is 15.0. The number of ether oxygens (including phenoxy) is 1. The Morgan fingerprint density at radius 1 is 0.897 bits per heavy atom. The number of carbonyl (C=O) groups excluding carboxylic acids is 2. The van der Waals surface area contributed by atoms with Gasteiger partial charge in [0.2, 0.25) is 11.7 Å². The van der Waals surface area contributed by atoms with Crippen LogP contribution in [0.3, 0.4) is 0 Å². The van der Waals surface area contributed by atoms with Crippen molar-refractivity contribution in [2.24, 2.45) is 0 Å². The number of oxazole rings is 1. The smallest absolute Gasteiger partial charge is 0.444 e. The number of anilines is 2. The van der Waals surface area contributed by atoms with E-state index in [1.54, 1.807) is 54.6 Å². The molecule has 1 heterocycles. The number of amides is 2. The molecule has 1 aliphatic carbocycles. The fourth-order valence-corrected chi connectivity index (χ4v) is 4.30. The first-order valence-corrected chi connectivity index (χ1v) is 12.7. The van der Waals surface area contributed by atoms with Gasteiger partial charge in [-0.25, -0.2) is 9.78 Å². The van der Waals surface area contributed by atoms with Gasteiger partial charge in [-0.05, 0) is 82.9 Å². The Bertz CT molecular complexity index is 1280. The van der Waals surface area contributed by atoms with Crippen LogP contribution in [-0.4, -0.2) is 34.7 Å². The molecular formula is C28H31F3N4O4. The number of alkyl carbamates (subject to hydrolysis) is 1. The Morgan fingerprint density at radius 2 is 1.49 bits per heavy atom. The Kier molecular flexibility index (Phi) is 8.17. The molecule has 3 aromatic rings. The van der Waals surface area contributed by atoms with Crippen molar-refractivity contribution in [3.05, 3.63) is 66.1 Å². The molecule has 0 atom stereocenters. The van der Waals surface area contributed by atoms with Crippen LogP contribution in [0.1, 0.15) is 62.7 Å². The quantitative estimate of drug-likeness (QED) is 0.313. The number of halogens is 3. The second-order valence-corrected chi connectivity index (χ2v) is 10.4. The maximum Gasteiger partial charge on any atom is 0.452 e. The molecule has 11 heteroatoms. The van der Waals surface area contributed by atoms with Crippen LogP contribution in [0.15, 0.2) is 59.0 Å². The van der Waals surface area contributed by atoms with Gasteiger partial charge in [-0.1, -0.05) is 18.2 Å². The third-order valence-electron chi connectivity index (χ3n) is 6.08. The first-order valence-electron chi connectivity index (χ1n) is 12.7. The van der Waals surface area contributed by atoms with Gasteiger partial charge in [0, 0.05) is 29.0 Å². The van der Waals surface area contributed by atoms with Crippen molar-refractivity contribution in [3.8, 4) is 11.5 Å². The van der Waals surface area contributed by atoms with E-state index in [1.807, 2.05) is 20.8 Å². The third kappa shape index (κ3) is 7.75. The molecule has 0 bridgehead atoms. The largest absolute Gasteiger partial charge is 0.452 e. The van der Waals surface area contributed by atoms with Crippen molar-refractivity contribution in [1.82, 2.24) is 10.3 Å². The summed E-state index contributed by atoms with van der Waals surface area (Å²) in [5, 5.41) is 8.80. The third-order valence-corrected chi connectivity index (χ3v) is 6.08. The molecule has 3 N–H and O–H groups in total. The van der Waals surface area contributed by atoms with Gasteiger partial charge < -0.3 is 25.1 Å². The van der Waals surface area contributed by atoms with Crippen LogP contribution in [0.25, 0.3) is 11.5 Å². The summed E-state index contributed by atoms with van der Waals surface area (Å²) in [6.45, 7) is 5.46. The Morgan fingerprint density at radius 3 is 2.08 bits per heavy atom.